The van der Waals surface area contributed by atoms with Crippen LogP contribution in [0.4, 0.5) is 0 Å². The Morgan fingerprint density at radius 1 is 1.00 bits per heavy atom. The van der Waals surface area contributed by atoms with E-state index in [9.17, 15) is 24.3 Å². The number of aliphatic hydroxyl groups is 1. The highest BCUT2D eigenvalue weighted by Gasteiger charge is 2.58. The fourth-order valence-corrected chi connectivity index (χ4v) is 5.88. The van der Waals surface area contributed by atoms with E-state index in [4.69, 9.17) is 0 Å². The van der Waals surface area contributed by atoms with Crippen molar-refractivity contribution in [1.29, 1.82) is 0 Å². The van der Waals surface area contributed by atoms with E-state index in [-0.39, 0.29) is 35.9 Å². The number of carbonyl (C=O) groups is 4. The molecule has 2 aromatic rings. The summed E-state index contributed by atoms with van der Waals surface area (Å²) in [6.07, 6.45) is 1.62. The molecule has 2 saturated heterocycles. The smallest absolute Gasteiger partial charge is 0.262 e. The van der Waals surface area contributed by atoms with Gasteiger partial charge in [0.15, 0.2) is 0 Å². The van der Waals surface area contributed by atoms with Crippen molar-refractivity contribution in [2.75, 3.05) is 6.54 Å². The molecule has 8 nitrogen and oxygen atoms in total. The Labute approximate surface area is 196 Å². The third kappa shape index (κ3) is 3.20. The van der Waals surface area contributed by atoms with Crippen molar-refractivity contribution in [3.8, 4) is 0 Å². The third-order valence-corrected chi connectivity index (χ3v) is 7.79. The van der Waals surface area contributed by atoms with Gasteiger partial charge in [0.1, 0.15) is 6.04 Å². The lowest BCUT2D eigenvalue weighted by Gasteiger charge is -2.38. The molecule has 4 amide bonds. The first-order valence-electron chi connectivity index (χ1n) is 11.7. The number of piperidine rings is 2. The zero-order valence-electron chi connectivity index (χ0n) is 18.6. The Morgan fingerprint density at radius 3 is 2.53 bits per heavy atom. The van der Waals surface area contributed by atoms with Gasteiger partial charge >= 0.3 is 0 Å². The van der Waals surface area contributed by atoms with Gasteiger partial charge in [0.25, 0.3) is 11.8 Å². The second-order valence-corrected chi connectivity index (χ2v) is 9.75. The Balaban J connectivity index is 1.23. The van der Waals surface area contributed by atoms with E-state index in [1.54, 1.807) is 18.2 Å². The highest BCUT2D eigenvalue weighted by atomic mass is 16.3. The molecule has 2 N–H and O–H groups in total. The van der Waals surface area contributed by atoms with Crippen molar-refractivity contribution < 1.29 is 24.3 Å². The Hall–Kier alpha value is -3.36. The van der Waals surface area contributed by atoms with Gasteiger partial charge in [0.05, 0.1) is 16.7 Å². The average molecular weight is 460 g/mol. The fraction of sp³-hybridized carbons (Fsp3) is 0.385. The summed E-state index contributed by atoms with van der Waals surface area (Å²) in [6.45, 7) is 1.58. The fourth-order valence-electron chi connectivity index (χ4n) is 5.88. The molecule has 0 bridgehead atoms. The summed E-state index contributed by atoms with van der Waals surface area (Å²) in [5, 5.41) is 13.9. The van der Waals surface area contributed by atoms with E-state index in [1.165, 1.54) is 5.56 Å². The van der Waals surface area contributed by atoms with Gasteiger partial charge in [0.2, 0.25) is 11.8 Å². The summed E-state index contributed by atoms with van der Waals surface area (Å²) in [7, 11) is 0. The molecule has 3 aliphatic heterocycles. The van der Waals surface area contributed by atoms with Crippen molar-refractivity contribution in [3.05, 3.63) is 70.8 Å². The number of nitrogens with zero attached hydrogens (tertiary/aromatic N) is 2. The topological polar surface area (TPSA) is 107 Å². The Kier molecular flexibility index (Phi) is 4.72. The summed E-state index contributed by atoms with van der Waals surface area (Å²) >= 11 is 0. The van der Waals surface area contributed by atoms with Crippen molar-refractivity contribution in [2.24, 2.45) is 5.92 Å². The van der Waals surface area contributed by atoms with Crippen molar-refractivity contribution in [3.63, 3.8) is 0 Å². The quantitative estimate of drug-likeness (QED) is 0.673. The molecule has 1 saturated carbocycles. The predicted octanol–water partition coefficient (Wildman–Crippen LogP) is 1.57. The molecule has 4 aliphatic rings. The molecule has 0 spiro atoms. The number of likely N-dealkylation sites (tertiary alicyclic amines) is 1. The van der Waals surface area contributed by atoms with Gasteiger partial charge < -0.3 is 5.11 Å². The lowest BCUT2D eigenvalue weighted by molar-refractivity contribution is -0.136. The van der Waals surface area contributed by atoms with Gasteiger partial charge in [-0.2, -0.15) is 0 Å². The van der Waals surface area contributed by atoms with E-state index in [2.05, 4.69) is 22.3 Å². The second kappa shape index (κ2) is 7.58. The zero-order valence-corrected chi connectivity index (χ0v) is 18.6. The molecule has 174 valence electrons. The van der Waals surface area contributed by atoms with E-state index in [0.717, 1.165) is 24.4 Å². The highest BCUT2D eigenvalue weighted by Crippen LogP contribution is 2.54. The molecule has 2 aromatic carbocycles. The molecule has 4 atom stereocenters. The standard InChI is InChI=1S/C26H25N3O5/c30-22-9-8-20(23(31)27-22)29-24(32)17-7-6-16(12-18(17)25(29)33)26(34)10-11-28(21-13-19(21)26)14-15-4-2-1-3-5-15/h1-7,12,19-21,34H,8-11,13-14H2,(H,27,30,31). The average Bonchev–Trinajstić information content (AvgIpc) is 3.61. The Bertz CT molecular complexity index is 1230. The number of nitrogens with one attached hydrogen (secondary N) is 1. The number of benzene rings is 2. The lowest BCUT2D eigenvalue weighted by Crippen LogP contribution is -2.54. The molecule has 0 radical (unpaired) electrons. The first-order chi connectivity index (χ1) is 16.4. The van der Waals surface area contributed by atoms with Crippen LogP contribution in [0, 0.1) is 5.92 Å². The van der Waals surface area contributed by atoms with Crippen LogP contribution in [0.2, 0.25) is 0 Å². The van der Waals surface area contributed by atoms with Crippen molar-refractivity contribution in [2.45, 2.75) is 49.9 Å². The first kappa shape index (κ1) is 21.2. The summed E-state index contributed by atoms with van der Waals surface area (Å²) in [5.74, 6) is -2.04. The number of imide groups is 2. The monoisotopic (exact) mass is 459 g/mol. The van der Waals surface area contributed by atoms with Crippen LogP contribution in [0.15, 0.2) is 48.5 Å². The first-order valence-corrected chi connectivity index (χ1v) is 11.7. The third-order valence-electron chi connectivity index (χ3n) is 7.79. The zero-order chi connectivity index (χ0) is 23.6. The van der Waals surface area contributed by atoms with Gasteiger partial charge in [-0.05, 0) is 42.5 Å². The largest absolute Gasteiger partial charge is 0.385 e. The molecule has 3 heterocycles. The van der Waals surface area contributed by atoms with Crippen LogP contribution >= 0.6 is 0 Å². The van der Waals surface area contributed by atoms with Gasteiger partial charge in [-0.3, -0.25) is 34.3 Å². The molecule has 3 fully saturated rings. The van der Waals surface area contributed by atoms with Crippen LogP contribution in [0.1, 0.15) is 57.5 Å². The number of fused-ring (bicyclic) bond motifs is 2. The number of amides is 4. The maximum atomic E-state index is 13.2. The molecule has 34 heavy (non-hydrogen) atoms. The number of carbonyl (C=O) groups excluding carboxylic acids is 4. The minimum Gasteiger partial charge on any atom is -0.385 e. The molecule has 6 rings (SSSR count). The Morgan fingerprint density at radius 2 is 1.76 bits per heavy atom. The van der Waals surface area contributed by atoms with Crippen LogP contribution in [-0.4, -0.2) is 57.2 Å². The van der Waals surface area contributed by atoms with E-state index in [1.807, 2.05) is 18.2 Å². The van der Waals surface area contributed by atoms with Crippen LogP contribution < -0.4 is 5.32 Å². The van der Waals surface area contributed by atoms with Gasteiger partial charge in [-0.25, -0.2) is 0 Å². The lowest BCUT2D eigenvalue weighted by atomic mass is 9.82. The predicted molar refractivity (Wildman–Crippen MR) is 120 cm³/mol. The minimum absolute atomic E-state index is 0.0708. The molecule has 8 heteroatoms. The van der Waals surface area contributed by atoms with E-state index in [0.29, 0.717) is 12.0 Å². The minimum atomic E-state index is -1.06. The van der Waals surface area contributed by atoms with Crippen LogP contribution in [0.5, 0.6) is 0 Å². The maximum Gasteiger partial charge on any atom is 0.262 e. The molecule has 0 aromatic heterocycles. The molecular formula is C26H25N3O5. The second-order valence-electron chi connectivity index (χ2n) is 9.75. The van der Waals surface area contributed by atoms with Crippen molar-refractivity contribution in [1.82, 2.24) is 15.1 Å². The maximum absolute atomic E-state index is 13.2. The van der Waals surface area contributed by atoms with Gasteiger partial charge in [-0.15, -0.1) is 0 Å². The summed E-state index contributed by atoms with van der Waals surface area (Å²) < 4.78 is 0. The SMILES string of the molecule is O=C1CCC(N2C(=O)c3ccc(C4(O)CCN(Cc5ccccc5)C5CC54)cc3C2=O)C(=O)N1. The highest BCUT2D eigenvalue weighted by molar-refractivity contribution is 6.23. The number of hydrogen-bond acceptors (Lipinski definition) is 6. The van der Waals surface area contributed by atoms with Crippen LogP contribution in [0.3, 0.4) is 0 Å². The van der Waals surface area contributed by atoms with Crippen LogP contribution in [0.25, 0.3) is 0 Å². The van der Waals surface area contributed by atoms with E-state index >= 15 is 0 Å². The number of rotatable bonds is 4. The van der Waals surface area contributed by atoms with Gasteiger partial charge in [-0.1, -0.05) is 36.4 Å². The van der Waals surface area contributed by atoms with E-state index < -0.39 is 35.3 Å². The molecule has 1 aliphatic carbocycles. The normalized spacial score (nSPS) is 30.7. The summed E-state index contributed by atoms with van der Waals surface area (Å²) in [6, 6.07) is 14.5. The molecule has 4 unspecified atom stereocenters. The number of hydrogen-bond donors (Lipinski definition) is 2. The molecular weight excluding hydrogens is 434 g/mol. The van der Waals surface area contributed by atoms with Crippen molar-refractivity contribution >= 4 is 23.6 Å². The summed E-state index contributed by atoms with van der Waals surface area (Å²) in [5.41, 5.74) is 1.27. The summed E-state index contributed by atoms with van der Waals surface area (Å²) in [4.78, 5) is 53.3. The van der Waals surface area contributed by atoms with Crippen LogP contribution in [-0.2, 0) is 21.7 Å². The van der Waals surface area contributed by atoms with Gasteiger partial charge in [0, 0.05) is 31.5 Å².